The van der Waals surface area contributed by atoms with E-state index in [0.717, 1.165) is 6.42 Å². The van der Waals surface area contributed by atoms with Crippen LogP contribution in [0.1, 0.15) is 5.56 Å². The SMILES string of the molecule is Clc1ccccc1O[CH]Cc1ccccc1. The highest BCUT2D eigenvalue weighted by Gasteiger charge is 1.99. The van der Waals surface area contributed by atoms with Crippen LogP contribution in [-0.2, 0) is 6.42 Å². The first kappa shape index (κ1) is 11.0. The van der Waals surface area contributed by atoms with E-state index in [1.165, 1.54) is 5.56 Å². The molecule has 0 spiro atoms. The highest BCUT2D eigenvalue weighted by atomic mass is 35.5. The summed E-state index contributed by atoms with van der Waals surface area (Å²) in [5, 5.41) is 0.631. The summed E-state index contributed by atoms with van der Waals surface area (Å²) < 4.78 is 5.48. The van der Waals surface area contributed by atoms with E-state index in [1.807, 2.05) is 42.5 Å². The molecule has 16 heavy (non-hydrogen) atoms. The van der Waals surface area contributed by atoms with E-state index in [-0.39, 0.29) is 0 Å². The number of para-hydroxylation sites is 1. The predicted octanol–water partition coefficient (Wildman–Crippen LogP) is 4.12. The third-order valence-electron chi connectivity index (χ3n) is 2.21. The predicted molar refractivity (Wildman–Crippen MR) is 66.5 cm³/mol. The molecule has 0 heterocycles. The fraction of sp³-hybridized carbons (Fsp3) is 0.0714. The molecule has 1 nitrogen and oxygen atoms in total. The van der Waals surface area contributed by atoms with Crippen LogP contribution < -0.4 is 4.74 Å². The lowest BCUT2D eigenvalue weighted by Crippen LogP contribution is -1.94. The zero-order valence-corrected chi connectivity index (χ0v) is 9.52. The van der Waals surface area contributed by atoms with Crippen LogP contribution in [0.4, 0.5) is 0 Å². The van der Waals surface area contributed by atoms with Crippen molar-refractivity contribution in [2.45, 2.75) is 6.42 Å². The fourth-order valence-electron chi connectivity index (χ4n) is 1.38. The zero-order valence-electron chi connectivity index (χ0n) is 8.77. The molecule has 0 saturated heterocycles. The minimum Gasteiger partial charge on any atom is -0.485 e. The van der Waals surface area contributed by atoms with Crippen LogP contribution in [0.25, 0.3) is 0 Å². The molecule has 81 valence electrons. The van der Waals surface area contributed by atoms with Crippen LogP contribution >= 0.6 is 11.6 Å². The molecule has 2 aromatic carbocycles. The van der Waals surface area contributed by atoms with Crippen molar-refractivity contribution in [3.8, 4) is 5.75 Å². The summed E-state index contributed by atoms with van der Waals surface area (Å²) in [7, 11) is 0. The zero-order chi connectivity index (χ0) is 11.2. The molecule has 0 amide bonds. The maximum atomic E-state index is 5.96. The Morgan fingerprint density at radius 2 is 1.62 bits per heavy atom. The van der Waals surface area contributed by atoms with E-state index in [2.05, 4.69) is 12.1 Å². The molecule has 0 N–H and O–H groups in total. The number of halogens is 1. The van der Waals surface area contributed by atoms with Gasteiger partial charge >= 0.3 is 0 Å². The largest absolute Gasteiger partial charge is 0.485 e. The van der Waals surface area contributed by atoms with Crippen LogP contribution in [-0.4, -0.2) is 0 Å². The van der Waals surface area contributed by atoms with Gasteiger partial charge in [-0.2, -0.15) is 0 Å². The highest BCUT2D eigenvalue weighted by molar-refractivity contribution is 6.32. The Labute approximate surface area is 101 Å². The number of ether oxygens (including phenoxy) is 1. The molecule has 0 aliphatic heterocycles. The number of rotatable bonds is 4. The topological polar surface area (TPSA) is 9.23 Å². The first-order valence-corrected chi connectivity index (χ1v) is 5.51. The lowest BCUT2D eigenvalue weighted by molar-refractivity contribution is 0.401. The highest BCUT2D eigenvalue weighted by Crippen LogP contribution is 2.23. The normalized spacial score (nSPS) is 10.1. The van der Waals surface area contributed by atoms with Crippen molar-refractivity contribution in [3.63, 3.8) is 0 Å². The smallest absolute Gasteiger partial charge is 0.140 e. The van der Waals surface area contributed by atoms with Crippen molar-refractivity contribution in [1.29, 1.82) is 0 Å². The van der Waals surface area contributed by atoms with Crippen LogP contribution in [0, 0.1) is 6.61 Å². The van der Waals surface area contributed by atoms with Gasteiger partial charge in [-0.25, -0.2) is 0 Å². The van der Waals surface area contributed by atoms with E-state index in [1.54, 1.807) is 6.61 Å². The second kappa shape index (κ2) is 5.57. The van der Waals surface area contributed by atoms with Gasteiger partial charge in [-0.3, -0.25) is 0 Å². The summed E-state index contributed by atoms with van der Waals surface area (Å²) in [6, 6.07) is 17.6. The van der Waals surface area contributed by atoms with Crippen molar-refractivity contribution in [2.24, 2.45) is 0 Å². The van der Waals surface area contributed by atoms with E-state index in [4.69, 9.17) is 16.3 Å². The van der Waals surface area contributed by atoms with Gasteiger partial charge in [0.15, 0.2) is 0 Å². The van der Waals surface area contributed by atoms with Crippen LogP contribution in [0.2, 0.25) is 5.02 Å². The van der Waals surface area contributed by atoms with Gasteiger partial charge in [0.2, 0.25) is 0 Å². The minimum absolute atomic E-state index is 0.631. The molecule has 0 bridgehead atoms. The monoisotopic (exact) mass is 231 g/mol. The maximum Gasteiger partial charge on any atom is 0.140 e. The molecule has 2 heteroatoms. The van der Waals surface area contributed by atoms with Gasteiger partial charge in [-0.1, -0.05) is 54.1 Å². The number of benzene rings is 2. The van der Waals surface area contributed by atoms with Gasteiger partial charge in [0.25, 0.3) is 0 Å². The molecular weight excluding hydrogens is 220 g/mol. The minimum atomic E-state index is 0.631. The Hall–Kier alpha value is -1.47. The average molecular weight is 232 g/mol. The molecular formula is C14H12ClO. The van der Waals surface area contributed by atoms with Crippen molar-refractivity contribution in [2.75, 3.05) is 0 Å². The Morgan fingerprint density at radius 1 is 0.938 bits per heavy atom. The van der Waals surface area contributed by atoms with Gasteiger partial charge in [-0.05, 0) is 17.7 Å². The molecule has 0 aromatic heterocycles. The Kier molecular flexibility index (Phi) is 3.84. The third-order valence-corrected chi connectivity index (χ3v) is 2.52. The van der Waals surface area contributed by atoms with Crippen molar-refractivity contribution in [1.82, 2.24) is 0 Å². The van der Waals surface area contributed by atoms with E-state index in [9.17, 15) is 0 Å². The number of hydrogen-bond donors (Lipinski definition) is 0. The molecule has 0 saturated carbocycles. The molecule has 2 aromatic rings. The molecule has 0 fully saturated rings. The van der Waals surface area contributed by atoms with Gasteiger partial charge in [-0.15, -0.1) is 0 Å². The van der Waals surface area contributed by atoms with Gasteiger partial charge in [0.1, 0.15) is 12.4 Å². The molecule has 0 atom stereocenters. The summed E-state index contributed by atoms with van der Waals surface area (Å²) in [5.74, 6) is 0.695. The summed E-state index contributed by atoms with van der Waals surface area (Å²) >= 11 is 5.96. The van der Waals surface area contributed by atoms with Crippen molar-refractivity contribution >= 4 is 11.6 Å². The summed E-state index contributed by atoms with van der Waals surface area (Å²) in [4.78, 5) is 0. The van der Waals surface area contributed by atoms with Crippen LogP contribution in [0.5, 0.6) is 5.75 Å². The van der Waals surface area contributed by atoms with Gasteiger partial charge < -0.3 is 4.74 Å². The van der Waals surface area contributed by atoms with Crippen molar-refractivity contribution < 1.29 is 4.74 Å². The Morgan fingerprint density at radius 3 is 2.38 bits per heavy atom. The van der Waals surface area contributed by atoms with E-state index >= 15 is 0 Å². The van der Waals surface area contributed by atoms with Crippen LogP contribution in [0.15, 0.2) is 54.6 Å². The van der Waals surface area contributed by atoms with E-state index < -0.39 is 0 Å². The third kappa shape index (κ3) is 3.01. The first-order valence-electron chi connectivity index (χ1n) is 5.13. The lowest BCUT2D eigenvalue weighted by Gasteiger charge is -2.06. The van der Waals surface area contributed by atoms with Crippen LogP contribution in [0.3, 0.4) is 0 Å². The Balaban J connectivity index is 1.87. The van der Waals surface area contributed by atoms with Gasteiger partial charge in [0, 0.05) is 6.42 Å². The molecule has 0 aliphatic rings. The quantitative estimate of drug-likeness (QED) is 0.769. The first-order chi connectivity index (χ1) is 7.86. The summed E-state index contributed by atoms with van der Waals surface area (Å²) in [5.41, 5.74) is 1.22. The second-order valence-electron chi connectivity index (χ2n) is 3.40. The molecule has 1 radical (unpaired) electrons. The van der Waals surface area contributed by atoms with Crippen molar-refractivity contribution in [3.05, 3.63) is 71.8 Å². The fourth-order valence-corrected chi connectivity index (χ4v) is 1.56. The standard InChI is InChI=1S/C14H12ClO/c15-13-8-4-5-9-14(13)16-11-10-12-6-2-1-3-7-12/h1-9,11H,10H2. The maximum absolute atomic E-state index is 5.96. The second-order valence-corrected chi connectivity index (χ2v) is 3.81. The lowest BCUT2D eigenvalue weighted by atomic mass is 10.2. The molecule has 0 unspecified atom stereocenters. The van der Waals surface area contributed by atoms with E-state index in [0.29, 0.717) is 10.8 Å². The average Bonchev–Trinajstić information content (AvgIpc) is 2.33. The summed E-state index contributed by atoms with van der Waals surface area (Å²) in [6.07, 6.45) is 0.770. The van der Waals surface area contributed by atoms with Gasteiger partial charge in [0.05, 0.1) is 5.02 Å². The molecule has 0 aliphatic carbocycles. The Bertz CT molecular complexity index is 439. The molecule has 2 rings (SSSR count). The number of hydrogen-bond acceptors (Lipinski definition) is 1. The summed E-state index contributed by atoms with van der Waals surface area (Å²) in [6.45, 7) is 1.76.